The quantitative estimate of drug-likeness (QED) is 0.860. The fourth-order valence-electron chi connectivity index (χ4n) is 3.01. The van der Waals surface area contributed by atoms with Crippen LogP contribution >= 0.6 is 11.3 Å². The lowest BCUT2D eigenvalue weighted by atomic mass is 9.96. The van der Waals surface area contributed by atoms with Crippen LogP contribution in [0, 0.1) is 0 Å². The van der Waals surface area contributed by atoms with E-state index in [0.29, 0.717) is 6.04 Å². The van der Waals surface area contributed by atoms with Crippen molar-refractivity contribution in [2.75, 3.05) is 12.3 Å². The second kappa shape index (κ2) is 5.35. The molecule has 2 nitrogen and oxygen atoms in total. The molecule has 0 saturated heterocycles. The molecule has 0 fully saturated rings. The number of hydrogen-bond acceptors (Lipinski definition) is 3. The van der Waals surface area contributed by atoms with Crippen LogP contribution in [0.1, 0.15) is 35.4 Å². The highest BCUT2D eigenvalue weighted by atomic mass is 32.1. The van der Waals surface area contributed by atoms with Crippen LogP contribution in [-0.2, 0) is 13.0 Å². The van der Waals surface area contributed by atoms with Crippen molar-refractivity contribution < 1.29 is 0 Å². The van der Waals surface area contributed by atoms with E-state index in [0.717, 1.165) is 31.6 Å². The van der Waals surface area contributed by atoms with E-state index in [9.17, 15) is 0 Å². The number of nitrogens with two attached hydrogens (primary N) is 1. The number of nitrogen functional groups attached to an aromatic ring is 1. The number of nitrogens with zero attached hydrogens (tertiary/aromatic N) is 1. The fourth-order valence-corrected chi connectivity index (χ4v) is 3.96. The van der Waals surface area contributed by atoms with Gasteiger partial charge in [0.1, 0.15) is 0 Å². The molecule has 0 spiro atoms. The van der Waals surface area contributed by atoms with E-state index >= 15 is 0 Å². The molecule has 0 amide bonds. The first kappa shape index (κ1) is 12.7. The highest BCUT2D eigenvalue weighted by Gasteiger charge is 2.25. The summed E-state index contributed by atoms with van der Waals surface area (Å²) in [6, 6.07) is 11.2. The average Bonchev–Trinajstić information content (AvgIpc) is 2.94. The van der Waals surface area contributed by atoms with Gasteiger partial charge in [-0.15, -0.1) is 11.3 Å². The Morgan fingerprint density at radius 3 is 2.95 bits per heavy atom. The van der Waals surface area contributed by atoms with Crippen molar-refractivity contribution in [1.29, 1.82) is 0 Å². The van der Waals surface area contributed by atoms with Crippen molar-refractivity contribution in [2.45, 2.75) is 32.4 Å². The van der Waals surface area contributed by atoms with Gasteiger partial charge in [0.2, 0.25) is 0 Å². The van der Waals surface area contributed by atoms with E-state index in [2.05, 4.69) is 41.5 Å². The Kier molecular flexibility index (Phi) is 3.58. The molecule has 1 aromatic carbocycles. The number of thiophene rings is 1. The first-order valence-corrected chi connectivity index (χ1v) is 7.81. The molecule has 0 radical (unpaired) electrons. The zero-order chi connectivity index (χ0) is 13.2. The van der Waals surface area contributed by atoms with Gasteiger partial charge in [0.15, 0.2) is 0 Å². The van der Waals surface area contributed by atoms with E-state index in [1.54, 1.807) is 0 Å². The molecule has 1 unspecified atom stereocenters. The third-order valence-corrected chi connectivity index (χ3v) is 5.01. The van der Waals surface area contributed by atoms with E-state index < -0.39 is 0 Å². The molecule has 19 heavy (non-hydrogen) atoms. The number of hydrogen-bond donors (Lipinski definition) is 1. The molecule has 2 heterocycles. The molecular weight excluding hydrogens is 252 g/mol. The minimum atomic E-state index is 0.535. The lowest BCUT2D eigenvalue weighted by molar-refractivity contribution is 0.177. The van der Waals surface area contributed by atoms with E-state index in [4.69, 9.17) is 5.73 Å². The molecule has 0 saturated carbocycles. The molecule has 1 aliphatic heterocycles. The molecular formula is C16H20N2S. The minimum Gasteiger partial charge on any atom is -0.398 e. The molecule has 100 valence electrons. The van der Waals surface area contributed by atoms with Crippen LogP contribution in [0.25, 0.3) is 0 Å². The Bertz CT molecular complexity index is 548. The van der Waals surface area contributed by atoms with Gasteiger partial charge >= 0.3 is 0 Å². The monoisotopic (exact) mass is 272 g/mol. The van der Waals surface area contributed by atoms with Crippen LogP contribution in [0.3, 0.4) is 0 Å². The Hall–Kier alpha value is -1.32. The van der Waals surface area contributed by atoms with E-state index in [-0.39, 0.29) is 0 Å². The Morgan fingerprint density at radius 1 is 1.32 bits per heavy atom. The highest BCUT2D eigenvalue weighted by Crippen LogP contribution is 2.33. The summed E-state index contributed by atoms with van der Waals surface area (Å²) < 4.78 is 0. The predicted octanol–water partition coefficient (Wildman–Crippen LogP) is 3.84. The maximum absolute atomic E-state index is 6.14. The second-order valence-electron chi connectivity index (χ2n) is 5.14. The molecule has 2 N–H and O–H groups in total. The summed E-state index contributed by atoms with van der Waals surface area (Å²) in [7, 11) is 0. The third-order valence-electron chi connectivity index (χ3n) is 4.04. The zero-order valence-electron chi connectivity index (χ0n) is 11.3. The largest absolute Gasteiger partial charge is 0.398 e. The van der Waals surface area contributed by atoms with Gasteiger partial charge in [0.25, 0.3) is 0 Å². The van der Waals surface area contributed by atoms with Crippen molar-refractivity contribution in [3.8, 4) is 0 Å². The van der Waals surface area contributed by atoms with Gasteiger partial charge in [0.05, 0.1) is 0 Å². The molecule has 3 heteroatoms. The van der Waals surface area contributed by atoms with Gasteiger partial charge in [-0.2, -0.15) is 0 Å². The SMILES string of the molecule is CCC(c1cccs1)N1CCc2cccc(N)c2C1. The van der Waals surface area contributed by atoms with Crippen molar-refractivity contribution in [2.24, 2.45) is 0 Å². The lowest BCUT2D eigenvalue weighted by Crippen LogP contribution is -2.34. The van der Waals surface area contributed by atoms with Crippen LogP contribution < -0.4 is 5.73 Å². The third kappa shape index (κ3) is 2.40. The van der Waals surface area contributed by atoms with Crippen molar-refractivity contribution in [1.82, 2.24) is 4.90 Å². The average molecular weight is 272 g/mol. The predicted molar refractivity (Wildman–Crippen MR) is 82.3 cm³/mol. The summed E-state index contributed by atoms with van der Waals surface area (Å²) in [5, 5.41) is 2.17. The van der Waals surface area contributed by atoms with Crippen LogP contribution in [-0.4, -0.2) is 11.4 Å². The van der Waals surface area contributed by atoms with Crippen LogP contribution in [0.4, 0.5) is 5.69 Å². The van der Waals surface area contributed by atoms with Crippen molar-refractivity contribution in [3.63, 3.8) is 0 Å². The van der Waals surface area contributed by atoms with E-state index in [1.165, 1.54) is 16.0 Å². The van der Waals surface area contributed by atoms with Gasteiger partial charge < -0.3 is 5.73 Å². The molecule has 1 atom stereocenters. The Labute approximate surface area is 118 Å². The lowest BCUT2D eigenvalue weighted by Gasteiger charge is -2.35. The summed E-state index contributed by atoms with van der Waals surface area (Å²) in [5.74, 6) is 0. The number of fused-ring (bicyclic) bond motifs is 1. The fraction of sp³-hybridized carbons (Fsp3) is 0.375. The van der Waals surface area contributed by atoms with Gasteiger partial charge in [-0.25, -0.2) is 0 Å². The molecule has 0 bridgehead atoms. The molecule has 1 aromatic heterocycles. The first-order chi connectivity index (χ1) is 9.29. The smallest absolute Gasteiger partial charge is 0.0442 e. The summed E-state index contributed by atoms with van der Waals surface area (Å²) in [6.07, 6.45) is 2.27. The Morgan fingerprint density at radius 2 is 2.21 bits per heavy atom. The number of rotatable bonds is 3. The molecule has 2 aromatic rings. The van der Waals surface area contributed by atoms with Gasteiger partial charge in [-0.05, 0) is 41.5 Å². The van der Waals surface area contributed by atoms with Gasteiger partial charge in [-0.1, -0.05) is 25.1 Å². The summed E-state index contributed by atoms with van der Waals surface area (Å²) in [4.78, 5) is 4.05. The van der Waals surface area contributed by atoms with Gasteiger partial charge in [0, 0.05) is 29.7 Å². The van der Waals surface area contributed by atoms with Gasteiger partial charge in [-0.3, -0.25) is 4.90 Å². The normalized spacial score (nSPS) is 17.1. The van der Waals surface area contributed by atoms with Crippen molar-refractivity contribution >= 4 is 17.0 Å². The van der Waals surface area contributed by atoms with Crippen LogP contribution in [0.5, 0.6) is 0 Å². The molecule has 3 rings (SSSR count). The van der Waals surface area contributed by atoms with Crippen molar-refractivity contribution in [3.05, 3.63) is 51.7 Å². The molecule has 1 aliphatic rings. The second-order valence-corrected chi connectivity index (χ2v) is 6.12. The maximum atomic E-state index is 6.14. The topological polar surface area (TPSA) is 29.3 Å². The number of benzene rings is 1. The number of anilines is 1. The zero-order valence-corrected chi connectivity index (χ0v) is 12.1. The Balaban J connectivity index is 1.87. The van der Waals surface area contributed by atoms with Crippen LogP contribution in [0.2, 0.25) is 0 Å². The first-order valence-electron chi connectivity index (χ1n) is 6.93. The summed E-state index contributed by atoms with van der Waals surface area (Å²) >= 11 is 1.86. The van der Waals surface area contributed by atoms with E-state index in [1.807, 2.05) is 17.4 Å². The molecule has 0 aliphatic carbocycles. The summed E-state index contributed by atoms with van der Waals surface area (Å²) in [6.45, 7) is 4.39. The highest BCUT2D eigenvalue weighted by molar-refractivity contribution is 7.10. The summed E-state index contributed by atoms with van der Waals surface area (Å²) in [5.41, 5.74) is 9.85. The standard InChI is InChI=1S/C16H20N2S/c1-2-15(16-7-4-10-19-16)18-9-8-12-5-3-6-14(17)13(12)11-18/h3-7,10,15H,2,8-9,11,17H2,1H3. The van der Waals surface area contributed by atoms with Crippen LogP contribution in [0.15, 0.2) is 35.7 Å². The minimum absolute atomic E-state index is 0.535. The maximum Gasteiger partial charge on any atom is 0.0442 e.